The molecule has 0 fully saturated rings. The standard InChI is InChI=1S/C19H19N3O/c1-13-4-7-16(20-10-13)19(23,17-8-5-14(2)11-21-17)18-9-6-15(3)12-22-18/h4-12,23H,1-3H3. The molecule has 0 amide bonds. The summed E-state index contributed by atoms with van der Waals surface area (Å²) in [6, 6.07) is 11.2. The summed E-state index contributed by atoms with van der Waals surface area (Å²) in [6.45, 7) is 5.89. The summed E-state index contributed by atoms with van der Waals surface area (Å²) < 4.78 is 0. The molecule has 0 saturated heterocycles. The smallest absolute Gasteiger partial charge is 0.191 e. The van der Waals surface area contributed by atoms with Gasteiger partial charge in [-0.05, 0) is 55.7 Å². The van der Waals surface area contributed by atoms with Crippen LogP contribution < -0.4 is 0 Å². The van der Waals surface area contributed by atoms with E-state index >= 15 is 0 Å². The summed E-state index contributed by atoms with van der Waals surface area (Å²) in [4.78, 5) is 13.3. The predicted octanol–water partition coefficient (Wildman–Crippen LogP) is 3.08. The molecule has 1 N–H and O–H groups in total. The van der Waals surface area contributed by atoms with Gasteiger partial charge in [0.25, 0.3) is 0 Å². The van der Waals surface area contributed by atoms with E-state index in [-0.39, 0.29) is 0 Å². The minimum absolute atomic E-state index is 0.510. The third-order valence-electron chi connectivity index (χ3n) is 3.85. The number of pyridine rings is 3. The van der Waals surface area contributed by atoms with Crippen molar-refractivity contribution < 1.29 is 5.11 Å². The maximum atomic E-state index is 11.5. The highest BCUT2D eigenvalue weighted by molar-refractivity contribution is 5.39. The van der Waals surface area contributed by atoms with E-state index in [9.17, 15) is 5.11 Å². The van der Waals surface area contributed by atoms with Gasteiger partial charge in [0, 0.05) is 18.6 Å². The van der Waals surface area contributed by atoms with Gasteiger partial charge in [0.1, 0.15) is 0 Å². The maximum Gasteiger partial charge on any atom is 0.191 e. The minimum atomic E-state index is -1.48. The number of hydrogen-bond donors (Lipinski definition) is 1. The zero-order chi connectivity index (χ0) is 16.4. The van der Waals surface area contributed by atoms with Crippen molar-refractivity contribution in [3.05, 3.63) is 88.8 Å². The molecule has 3 aromatic heterocycles. The van der Waals surface area contributed by atoms with Gasteiger partial charge in [-0.2, -0.15) is 0 Å². The third-order valence-corrected chi connectivity index (χ3v) is 3.85. The Kier molecular flexibility index (Phi) is 3.92. The molecular formula is C19H19N3O. The van der Waals surface area contributed by atoms with Crippen LogP contribution in [0.3, 0.4) is 0 Å². The number of nitrogens with zero attached hydrogens (tertiary/aromatic N) is 3. The Morgan fingerprint density at radius 1 is 0.609 bits per heavy atom. The lowest BCUT2D eigenvalue weighted by Gasteiger charge is -2.27. The Hall–Kier alpha value is -2.59. The van der Waals surface area contributed by atoms with Gasteiger partial charge in [-0.3, -0.25) is 15.0 Å². The Labute approximate surface area is 135 Å². The fraction of sp³-hybridized carbons (Fsp3) is 0.211. The molecule has 0 atom stereocenters. The van der Waals surface area contributed by atoms with Crippen LogP contribution in [0.4, 0.5) is 0 Å². The molecule has 0 aliphatic carbocycles. The summed E-state index contributed by atoms with van der Waals surface area (Å²) >= 11 is 0. The van der Waals surface area contributed by atoms with Crippen LogP contribution >= 0.6 is 0 Å². The van der Waals surface area contributed by atoms with Gasteiger partial charge >= 0.3 is 0 Å². The van der Waals surface area contributed by atoms with Crippen molar-refractivity contribution >= 4 is 0 Å². The van der Waals surface area contributed by atoms with Crippen LogP contribution in [0.1, 0.15) is 33.8 Å². The summed E-state index contributed by atoms with van der Waals surface area (Å²) in [5, 5.41) is 11.5. The molecule has 0 aliphatic heterocycles. The van der Waals surface area contributed by atoms with E-state index in [1.54, 1.807) is 18.6 Å². The first-order valence-corrected chi connectivity index (χ1v) is 7.52. The molecule has 0 saturated carbocycles. The van der Waals surface area contributed by atoms with Crippen LogP contribution in [0.15, 0.2) is 55.0 Å². The summed E-state index contributed by atoms with van der Waals surface area (Å²) in [5.41, 5.74) is 3.15. The van der Waals surface area contributed by atoms with Gasteiger partial charge in [0.15, 0.2) is 5.60 Å². The van der Waals surface area contributed by atoms with E-state index in [0.29, 0.717) is 17.1 Å². The molecule has 0 spiro atoms. The Morgan fingerprint density at radius 3 is 1.13 bits per heavy atom. The molecule has 0 bridgehead atoms. The minimum Gasteiger partial charge on any atom is -0.372 e. The molecule has 0 aromatic carbocycles. The fourth-order valence-electron chi connectivity index (χ4n) is 2.44. The zero-order valence-corrected chi connectivity index (χ0v) is 13.5. The normalized spacial score (nSPS) is 11.5. The Balaban J connectivity index is 2.21. The number of hydrogen-bond acceptors (Lipinski definition) is 4. The lowest BCUT2D eigenvalue weighted by Crippen LogP contribution is -2.32. The molecule has 3 heterocycles. The zero-order valence-electron chi connectivity index (χ0n) is 13.5. The van der Waals surface area contributed by atoms with Gasteiger partial charge in [-0.25, -0.2) is 0 Å². The van der Waals surface area contributed by atoms with Crippen molar-refractivity contribution in [2.45, 2.75) is 26.4 Å². The molecule has 0 unspecified atom stereocenters. The monoisotopic (exact) mass is 305 g/mol. The van der Waals surface area contributed by atoms with E-state index in [1.807, 2.05) is 57.2 Å². The van der Waals surface area contributed by atoms with Crippen molar-refractivity contribution in [3.63, 3.8) is 0 Å². The Bertz CT molecular complexity index is 683. The van der Waals surface area contributed by atoms with Crippen molar-refractivity contribution in [1.29, 1.82) is 0 Å². The largest absolute Gasteiger partial charge is 0.372 e. The van der Waals surface area contributed by atoms with E-state index in [0.717, 1.165) is 16.7 Å². The molecular weight excluding hydrogens is 286 g/mol. The third kappa shape index (κ3) is 2.85. The fourth-order valence-corrected chi connectivity index (χ4v) is 2.44. The van der Waals surface area contributed by atoms with Crippen LogP contribution in [0.5, 0.6) is 0 Å². The van der Waals surface area contributed by atoms with Crippen LogP contribution in [0.2, 0.25) is 0 Å². The number of aliphatic hydroxyl groups is 1. The number of aryl methyl sites for hydroxylation is 3. The summed E-state index contributed by atoms with van der Waals surface area (Å²) in [6.07, 6.45) is 5.22. The highest BCUT2D eigenvalue weighted by atomic mass is 16.3. The van der Waals surface area contributed by atoms with Crippen LogP contribution in [0.25, 0.3) is 0 Å². The first kappa shape index (κ1) is 15.3. The second-order valence-corrected chi connectivity index (χ2v) is 5.87. The second-order valence-electron chi connectivity index (χ2n) is 5.87. The Morgan fingerprint density at radius 2 is 0.913 bits per heavy atom. The van der Waals surface area contributed by atoms with Gasteiger partial charge in [0.2, 0.25) is 0 Å². The lowest BCUT2D eigenvalue weighted by atomic mass is 9.89. The molecule has 116 valence electrons. The first-order valence-electron chi connectivity index (χ1n) is 7.52. The summed E-state index contributed by atoms with van der Waals surface area (Å²) in [5.74, 6) is 0. The van der Waals surface area contributed by atoms with Crippen LogP contribution in [-0.4, -0.2) is 20.1 Å². The molecule has 3 rings (SSSR count). The van der Waals surface area contributed by atoms with E-state index < -0.39 is 5.60 Å². The highest BCUT2D eigenvalue weighted by Crippen LogP contribution is 2.33. The lowest BCUT2D eigenvalue weighted by molar-refractivity contribution is 0.111. The van der Waals surface area contributed by atoms with Crippen molar-refractivity contribution in [3.8, 4) is 0 Å². The van der Waals surface area contributed by atoms with Gasteiger partial charge < -0.3 is 5.11 Å². The molecule has 23 heavy (non-hydrogen) atoms. The quantitative estimate of drug-likeness (QED) is 0.808. The number of aromatic nitrogens is 3. The van der Waals surface area contributed by atoms with Crippen LogP contribution in [-0.2, 0) is 5.60 Å². The van der Waals surface area contributed by atoms with Gasteiger partial charge in [-0.1, -0.05) is 18.2 Å². The maximum absolute atomic E-state index is 11.5. The molecule has 4 heteroatoms. The predicted molar refractivity (Wildman–Crippen MR) is 89.0 cm³/mol. The molecule has 3 aromatic rings. The van der Waals surface area contributed by atoms with Crippen molar-refractivity contribution in [2.24, 2.45) is 0 Å². The molecule has 0 aliphatic rings. The van der Waals surface area contributed by atoms with E-state index in [1.165, 1.54) is 0 Å². The highest BCUT2D eigenvalue weighted by Gasteiger charge is 2.38. The average molecular weight is 305 g/mol. The topological polar surface area (TPSA) is 58.9 Å². The average Bonchev–Trinajstić information content (AvgIpc) is 2.56. The van der Waals surface area contributed by atoms with Crippen molar-refractivity contribution in [1.82, 2.24) is 15.0 Å². The summed E-state index contributed by atoms with van der Waals surface area (Å²) in [7, 11) is 0. The second kappa shape index (κ2) is 5.89. The SMILES string of the molecule is Cc1ccc(C(O)(c2ccc(C)cn2)c2ccc(C)cn2)nc1. The van der Waals surface area contributed by atoms with Crippen LogP contribution in [0, 0.1) is 20.8 Å². The first-order chi connectivity index (χ1) is 11.0. The van der Waals surface area contributed by atoms with E-state index in [2.05, 4.69) is 15.0 Å². The van der Waals surface area contributed by atoms with E-state index in [4.69, 9.17) is 0 Å². The molecule has 4 nitrogen and oxygen atoms in total. The van der Waals surface area contributed by atoms with Gasteiger partial charge in [-0.15, -0.1) is 0 Å². The van der Waals surface area contributed by atoms with Crippen molar-refractivity contribution in [2.75, 3.05) is 0 Å². The molecule has 0 radical (unpaired) electrons. The number of rotatable bonds is 3. The van der Waals surface area contributed by atoms with Gasteiger partial charge in [0.05, 0.1) is 17.1 Å².